The molecule has 0 bridgehead atoms. The Morgan fingerprint density at radius 2 is 2.04 bits per heavy atom. The van der Waals surface area contributed by atoms with Crippen LogP contribution in [0.5, 0.6) is 5.88 Å². The zero-order valence-corrected chi connectivity index (χ0v) is 17.4. The molecule has 6 heteroatoms. The lowest BCUT2D eigenvalue weighted by Crippen LogP contribution is -2.10. The Morgan fingerprint density at radius 3 is 2.74 bits per heavy atom. The largest absolute Gasteiger partial charge is 0.493 e. The van der Waals surface area contributed by atoms with Gasteiger partial charge in [-0.05, 0) is 30.6 Å². The van der Waals surface area contributed by atoms with Crippen molar-refractivity contribution in [3.8, 4) is 5.88 Å². The Balaban J connectivity index is 1.86. The minimum absolute atomic E-state index is 0.250. The molecule has 4 nitrogen and oxygen atoms in total. The van der Waals surface area contributed by atoms with Gasteiger partial charge in [-0.2, -0.15) is 5.10 Å². The molecular formula is C21H25N3OS2. The third-order valence-electron chi connectivity index (χ3n) is 4.84. The average Bonchev–Trinajstić information content (AvgIpc) is 3.25. The van der Waals surface area contributed by atoms with Crippen molar-refractivity contribution < 1.29 is 5.11 Å². The highest BCUT2D eigenvalue weighted by atomic mass is 32.1. The van der Waals surface area contributed by atoms with Gasteiger partial charge in [-0.15, -0.1) is 16.4 Å². The topological polar surface area (TPSA) is 49.9 Å². The Morgan fingerprint density at radius 1 is 1.26 bits per heavy atom. The smallest absolute Gasteiger partial charge is 0.210 e. The molecule has 142 valence electrons. The first-order valence-corrected chi connectivity index (χ1v) is 10.7. The van der Waals surface area contributed by atoms with Crippen LogP contribution in [-0.4, -0.2) is 21.6 Å². The molecule has 1 aliphatic rings. The van der Waals surface area contributed by atoms with Crippen molar-refractivity contribution >= 4 is 41.6 Å². The van der Waals surface area contributed by atoms with Gasteiger partial charge in [-0.25, -0.2) is 0 Å². The van der Waals surface area contributed by atoms with Crippen LogP contribution in [-0.2, 0) is 6.54 Å². The van der Waals surface area contributed by atoms with E-state index < -0.39 is 0 Å². The van der Waals surface area contributed by atoms with E-state index in [0.29, 0.717) is 9.87 Å². The van der Waals surface area contributed by atoms with Gasteiger partial charge in [0.2, 0.25) is 5.88 Å². The molecule has 0 saturated heterocycles. The quantitative estimate of drug-likeness (QED) is 0.547. The zero-order valence-electron chi connectivity index (χ0n) is 15.8. The summed E-state index contributed by atoms with van der Waals surface area (Å²) in [4.78, 5) is 0.761. The van der Waals surface area contributed by atoms with Crippen molar-refractivity contribution in [1.82, 2.24) is 4.57 Å². The number of nitrogens with zero attached hydrogens (tertiary/aromatic N) is 3. The first kappa shape index (κ1) is 19.7. The number of allylic oxidation sites excluding steroid dienone is 1. The molecule has 1 unspecified atom stereocenters. The van der Waals surface area contributed by atoms with Crippen LogP contribution in [0.1, 0.15) is 50.0 Å². The fraction of sp³-hybridized carbons (Fsp3) is 0.381. The van der Waals surface area contributed by atoms with Crippen LogP contribution < -0.4 is 0 Å². The average molecular weight is 400 g/mol. The van der Waals surface area contributed by atoms with Crippen molar-refractivity contribution in [2.45, 2.75) is 46.1 Å². The van der Waals surface area contributed by atoms with E-state index in [2.05, 4.69) is 24.1 Å². The van der Waals surface area contributed by atoms with Gasteiger partial charge in [0.1, 0.15) is 5.71 Å². The minimum atomic E-state index is 0.250. The van der Waals surface area contributed by atoms with E-state index in [1.54, 1.807) is 6.21 Å². The number of rotatable bonds is 8. The van der Waals surface area contributed by atoms with E-state index in [1.807, 2.05) is 41.0 Å². The third-order valence-corrected chi connectivity index (χ3v) is 6.23. The van der Waals surface area contributed by atoms with E-state index >= 15 is 0 Å². The first-order chi connectivity index (χ1) is 13.1. The van der Waals surface area contributed by atoms with Gasteiger partial charge >= 0.3 is 0 Å². The Hall–Kier alpha value is -2.05. The van der Waals surface area contributed by atoms with Crippen molar-refractivity contribution in [2.24, 2.45) is 16.1 Å². The lowest BCUT2D eigenvalue weighted by Gasteiger charge is -2.15. The third kappa shape index (κ3) is 4.62. The van der Waals surface area contributed by atoms with Gasteiger partial charge < -0.3 is 5.11 Å². The molecule has 0 spiro atoms. The maximum Gasteiger partial charge on any atom is 0.210 e. The van der Waals surface area contributed by atoms with Crippen LogP contribution in [0.3, 0.4) is 0 Å². The molecule has 1 aromatic carbocycles. The summed E-state index contributed by atoms with van der Waals surface area (Å²) < 4.78 is 2.59. The predicted molar refractivity (Wildman–Crippen MR) is 118 cm³/mol. The fourth-order valence-electron chi connectivity index (χ4n) is 3.18. The van der Waals surface area contributed by atoms with Crippen molar-refractivity contribution in [3.63, 3.8) is 0 Å². The second kappa shape index (κ2) is 9.24. The second-order valence-electron chi connectivity index (χ2n) is 6.74. The molecular weight excluding hydrogens is 374 g/mol. The van der Waals surface area contributed by atoms with E-state index in [9.17, 15) is 5.11 Å². The molecule has 1 aromatic heterocycles. The number of thiazole rings is 1. The SMILES string of the molecule is CCCCC(CC)Cn1c(O)c(/C=C2\C=NN=C2c2ccccc2)sc1=S. The maximum atomic E-state index is 10.8. The van der Waals surface area contributed by atoms with E-state index in [1.165, 1.54) is 24.2 Å². The Labute approximate surface area is 169 Å². The van der Waals surface area contributed by atoms with E-state index in [4.69, 9.17) is 12.2 Å². The summed E-state index contributed by atoms with van der Waals surface area (Å²) in [6, 6.07) is 9.95. The molecule has 1 atom stereocenters. The van der Waals surface area contributed by atoms with Crippen molar-refractivity contribution in [1.29, 1.82) is 0 Å². The normalized spacial score (nSPS) is 16.1. The number of aromatic nitrogens is 1. The molecule has 27 heavy (non-hydrogen) atoms. The number of hydrogen-bond donors (Lipinski definition) is 1. The molecule has 0 amide bonds. The summed E-state index contributed by atoms with van der Waals surface area (Å²) in [6.45, 7) is 5.18. The molecule has 2 aromatic rings. The molecule has 0 saturated carbocycles. The maximum absolute atomic E-state index is 10.8. The molecule has 1 aliphatic heterocycles. The van der Waals surface area contributed by atoms with Gasteiger partial charge in [0.25, 0.3) is 0 Å². The van der Waals surface area contributed by atoms with Crippen molar-refractivity contribution in [2.75, 3.05) is 0 Å². The van der Waals surface area contributed by atoms with E-state index in [-0.39, 0.29) is 5.88 Å². The van der Waals surface area contributed by atoms with Crippen LogP contribution in [0.2, 0.25) is 0 Å². The number of aromatic hydroxyl groups is 1. The summed E-state index contributed by atoms with van der Waals surface area (Å²) in [5.41, 5.74) is 2.71. The standard InChI is InChI=1S/C21H25N3OS2/c1-3-5-9-15(4-2)14-24-20(25)18(27-21(24)26)12-17-13-22-23-19(17)16-10-7-6-8-11-16/h6-8,10-13,15,25H,3-5,9,14H2,1-2H3/b17-12+. The highest BCUT2D eigenvalue weighted by Crippen LogP contribution is 2.31. The number of hydrogen-bond acceptors (Lipinski definition) is 5. The van der Waals surface area contributed by atoms with Crippen LogP contribution in [0.25, 0.3) is 6.08 Å². The van der Waals surface area contributed by atoms with E-state index in [0.717, 1.165) is 41.1 Å². The Bertz CT molecular complexity index is 923. The van der Waals surface area contributed by atoms with Crippen LogP contribution in [0.15, 0.2) is 46.1 Å². The molecule has 2 heterocycles. The first-order valence-electron chi connectivity index (χ1n) is 9.45. The summed E-state index contributed by atoms with van der Waals surface area (Å²) in [6.07, 6.45) is 8.31. The molecule has 0 aliphatic carbocycles. The van der Waals surface area contributed by atoms with Crippen molar-refractivity contribution in [3.05, 3.63) is 50.3 Å². The highest BCUT2D eigenvalue weighted by Gasteiger charge is 2.18. The van der Waals surface area contributed by atoms with Gasteiger partial charge in [-0.3, -0.25) is 4.57 Å². The zero-order chi connectivity index (χ0) is 19.2. The van der Waals surface area contributed by atoms with Gasteiger partial charge in [0, 0.05) is 17.7 Å². The summed E-state index contributed by atoms with van der Waals surface area (Å²) >= 11 is 6.97. The minimum Gasteiger partial charge on any atom is -0.493 e. The van der Waals surface area contributed by atoms with Gasteiger partial charge in [0.05, 0.1) is 11.1 Å². The monoisotopic (exact) mass is 399 g/mol. The van der Waals surface area contributed by atoms with Crippen LogP contribution in [0.4, 0.5) is 0 Å². The summed E-state index contributed by atoms with van der Waals surface area (Å²) in [5.74, 6) is 0.785. The number of benzene rings is 1. The second-order valence-corrected chi connectivity index (χ2v) is 8.42. The van der Waals surface area contributed by atoms with Crippen LogP contribution in [0, 0.1) is 9.87 Å². The molecule has 0 radical (unpaired) electrons. The highest BCUT2D eigenvalue weighted by molar-refractivity contribution is 7.73. The Kier molecular flexibility index (Phi) is 6.74. The summed E-state index contributed by atoms with van der Waals surface area (Å²) in [7, 11) is 0. The fourth-order valence-corrected chi connectivity index (χ4v) is 4.46. The predicted octanol–water partition coefficient (Wildman–Crippen LogP) is 6.07. The van der Waals surface area contributed by atoms with Crippen LogP contribution >= 0.6 is 23.6 Å². The van der Waals surface area contributed by atoms with Gasteiger partial charge in [0.15, 0.2) is 3.95 Å². The van der Waals surface area contributed by atoms with Gasteiger partial charge in [-0.1, -0.05) is 63.4 Å². The molecule has 3 rings (SSSR count). The number of unbranched alkanes of at least 4 members (excludes halogenated alkanes) is 1. The summed E-state index contributed by atoms with van der Waals surface area (Å²) in [5, 5.41) is 19.1. The lowest BCUT2D eigenvalue weighted by molar-refractivity contribution is 0.347. The molecule has 1 N–H and O–H groups in total. The lowest BCUT2D eigenvalue weighted by atomic mass is 9.99. The molecule has 0 fully saturated rings.